The van der Waals surface area contributed by atoms with Crippen LogP contribution >= 0.6 is 0 Å². The number of halogens is 2. The molecule has 1 unspecified atom stereocenters. The molecular formula is C16H17F2NO. The number of hydrogen-bond acceptors (Lipinski definition) is 2. The molecule has 2 rings (SSSR count). The van der Waals surface area contributed by atoms with Crippen LogP contribution in [0.1, 0.15) is 24.1 Å². The third-order valence-electron chi connectivity index (χ3n) is 3.20. The van der Waals surface area contributed by atoms with E-state index in [-0.39, 0.29) is 6.04 Å². The lowest BCUT2D eigenvalue weighted by atomic mass is 10.0. The lowest BCUT2D eigenvalue weighted by molar-refractivity contribution is 0.415. The van der Waals surface area contributed by atoms with E-state index in [0.29, 0.717) is 16.9 Å². The Balaban J connectivity index is 2.23. The van der Waals surface area contributed by atoms with Gasteiger partial charge < -0.3 is 10.1 Å². The summed E-state index contributed by atoms with van der Waals surface area (Å²) in [7, 11) is 1.58. The number of ether oxygens (including phenoxy) is 1. The Labute approximate surface area is 117 Å². The maximum absolute atomic E-state index is 13.9. The molecule has 1 N–H and O–H groups in total. The quantitative estimate of drug-likeness (QED) is 0.891. The van der Waals surface area contributed by atoms with E-state index < -0.39 is 11.6 Å². The largest absolute Gasteiger partial charge is 0.497 e. The first-order valence-electron chi connectivity index (χ1n) is 6.37. The van der Waals surface area contributed by atoms with Gasteiger partial charge >= 0.3 is 0 Å². The number of benzene rings is 2. The molecule has 20 heavy (non-hydrogen) atoms. The molecule has 0 aliphatic heterocycles. The zero-order chi connectivity index (χ0) is 14.7. The molecule has 0 bridgehead atoms. The minimum Gasteiger partial charge on any atom is -0.497 e. The van der Waals surface area contributed by atoms with Crippen molar-refractivity contribution < 1.29 is 13.5 Å². The molecule has 2 nitrogen and oxygen atoms in total. The summed E-state index contributed by atoms with van der Waals surface area (Å²) in [6, 6.07) is 9.41. The van der Waals surface area contributed by atoms with Crippen molar-refractivity contribution in [3.63, 3.8) is 0 Å². The molecule has 0 spiro atoms. The molecule has 0 aliphatic carbocycles. The lowest BCUT2D eigenvalue weighted by Gasteiger charge is -2.17. The first kappa shape index (κ1) is 14.3. The van der Waals surface area contributed by atoms with Crippen LogP contribution in [0.5, 0.6) is 5.75 Å². The summed E-state index contributed by atoms with van der Waals surface area (Å²) in [5.41, 5.74) is 1.40. The highest BCUT2D eigenvalue weighted by molar-refractivity contribution is 5.50. The van der Waals surface area contributed by atoms with Gasteiger partial charge in [-0.3, -0.25) is 0 Å². The van der Waals surface area contributed by atoms with Gasteiger partial charge in [-0.25, -0.2) is 8.78 Å². The lowest BCUT2D eigenvalue weighted by Crippen LogP contribution is -2.09. The molecule has 1 atom stereocenters. The highest BCUT2D eigenvalue weighted by Gasteiger charge is 2.14. The molecule has 0 saturated carbocycles. The fourth-order valence-corrected chi connectivity index (χ4v) is 2.03. The molecule has 0 fully saturated rings. The minimum absolute atomic E-state index is 0.302. The Morgan fingerprint density at radius 1 is 1.10 bits per heavy atom. The summed E-state index contributed by atoms with van der Waals surface area (Å²) >= 11 is 0. The maximum atomic E-state index is 13.9. The number of nitrogens with one attached hydrogen (secondary N) is 1. The Morgan fingerprint density at radius 2 is 1.85 bits per heavy atom. The SMILES string of the molecule is COc1cccc(NC(C)c2cc(F)c(C)cc2F)c1. The Kier molecular flexibility index (Phi) is 4.23. The monoisotopic (exact) mass is 277 g/mol. The molecule has 0 aromatic heterocycles. The van der Waals surface area contributed by atoms with Crippen LogP contribution in [0.3, 0.4) is 0 Å². The van der Waals surface area contributed by atoms with Crippen molar-refractivity contribution in [3.05, 3.63) is 59.2 Å². The van der Waals surface area contributed by atoms with Crippen molar-refractivity contribution in [3.8, 4) is 5.75 Å². The van der Waals surface area contributed by atoms with Gasteiger partial charge in [0.15, 0.2) is 0 Å². The van der Waals surface area contributed by atoms with Crippen molar-refractivity contribution in [2.75, 3.05) is 12.4 Å². The molecule has 4 heteroatoms. The molecule has 0 aliphatic rings. The molecule has 0 radical (unpaired) electrons. The second-order valence-corrected chi connectivity index (χ2v) is 4.72. The van der Waals surface area contributed by atoms with Crippen LogP contribution in [0, 0.1) is 18.6 Å². The Morgan fingerprint density at radius 3 is 2.55 bits per heavy atom. The van der Waals surface area contributed by atoms with Gasteiger partial charge in [0.1, 0.15) is 17.4 Å². The number of rotatable bonds is 4. The molecule has 0 heterocycles. The maximum Gasteiger partial charge on any atom is 0.128 e. The van der Waals surface area contributed by atoms with Gasteiger partial charge in [-0.1, -0.05) is 6.07 Å². The van der Waals surface area contributed by atoms with E-state index in [2.05, 4.69) is 5.32 Å². The van der Waals surface area contributed by atoms with E-state index in [1.807, 2.05) is 18.2 Å². The first-order chi connectivity index (χ1) is 9.51. The number of hydrogen-bond donors (Lipinski definition) is 1. The summed E-state index contributed by atoms with van der Waals surface area (Å²) < 4.78 is 32.6. The van der Waals surface area contributed by atoms with E-state index >= 15 is 0 Å². The van der Waals surface area contributed by atoms with Crippen molar-refractivity contribution in [2.24, 2.45) is 0 Å². The topological polar surface area (TPSA) is 21.3 Å². The summed E-state index contributed by atoms with van der Waals surface area (Å²) in [4.78, 5) is 0. The summed E-state index contributed by atoms with van der Waals surface area (Å²) in [6.07, 6.45) is 0. The Bertz CT molecular complexity index is 613. The van der Waals surface area contributed by atoms with Crippen molar-refractivity contribution in [1.29, 1.82) is 0 Å². The van der Waals surface area contributed by atoms with Gasteiger partial charge in [-0.2, -0.15) is 0 Å². The average Bonchev–Trinajstić information content (AvgIpc) is 2.43. The number of aryl methyl sites for hydroxylation is 1. The van der Waals surface area contributed by atoms with Gasteiger partial charge in [-0.05, 0) is 43.7 Å². The third kappa shape index (κ3) is 3.07. The van der Waals surface area contributed by atoms with Crippen molar-refractivity contribution >= 4 is 5.69 Å². The summed E-state index contributed by atoms with van der Waals surface area (Å²) in [5.74, 6) is -0.106. The van der Waals surface area contributed by atoms with Crippen molar-refractivity contribution in [1.82, 2.24) is 0 Å². The van der Waals surface area contributed by atoms with E-state index in [1.165, 1.54) is 12.1 Å². The zero-order valence-electron chi connectivity index (χ0n) is 11.7. The van der Waals surface area contributed by atoms with Crippen LogP contribution < -0.4 is 10.1 Å². The molecule has 2 aromatic rings. The van der Waals surface area contributed by atoms with Gasteiger partial charge in [0.05, 0.1) is 13.2 Å². The number of anilines is 1. The minimum atomic E-state index is -0.410. The standard InChI is InChI=1S/C16H17F2NO/c1-10-7-16(18)14(9-15(10)17)11(2)19-12-5-4-6-13(8-12)20-3/h4-9,11,19H,1-3H3. The molecule has 0 amide bonds. The van der Waals surface area contributed by atoms with Crippen molar-refractivity contribution in [2.45, 2.75) is 19.9 Å². The molecule has 0 saturated heterocycles. The normalized spacial score (nSPS) is 12.1. The van der Waals surface area contributed by atoms with E-state index in [1.54, 1.807) is 27.0 Å². The first-order valence-corrected chi connectivity index (χ1v) is 6.37. The summed E-state index contributed by atoms with van der Waals surface area (Å²) in [6.45, 7) is 3.33. The zero-order valence-corrected chi connectivity index (χ0v) is 11.7. The molecule has 106 valence electrons. The van der Waals surface area contributed by atoms with Crippen LogP contribution in [0.25, 0.3) is 0 Å². The third-order valence-corrected chi connectivity index (χ3v) is 3.20. The van der Waals surface area contributed by atoms with Crippen LogP contribution in [-0.2, 0) is 0 Å². The summed E-state index contributed by atoms with van der Waals surface area (Å²) in [5, 5.41) is 3.13. The fraction of sp³-hybridized carbons (Fsp3) is 0.250. The van der Waals surface area contributed by atoms with Crippen LogP contribution in [0.4, 0.5) is 14.5 Å². The fourth-order valence-electron chi connectivity index (χ4n) is 2.03. The van der Waals surface area contributed by atoms with Crippen LogP contribution in [0.15, 0.2) is 36.4 Å². The average molecular weight is 277 g/mol. The van der Waals surface area contributed by atoms with E-state index in [0.717, 1.165) is 5.69 Å². The second kappa shape index (κ2) is 5.90. The van der Waals surface area contributed by atoms with Gasteiger partial charge in [0.25, 0.3) is 0 Å². The molecule has 2 aromatic carbocycles. The second-order valence-electron chi connectivity index (χ2n) is 4.72. The van der Waals surface area contributed by atoms with E-state index in [4.69, 9.17) is 4.74 Å². The van der Waals surface area contributed by atoms with Crippen LogP contribution in [0.2, 0.25) is 0 Å². The highest BCUT2D eigenvalue weighted by Crippen LogP contribution is 2.25. The molecular weight excluding hydrogens is 260 g/mol. The highest BCUT2D eigenvalue weighted by atomic mass is 19.1. The Hall–Kier alpha value is -2.10. The predicted molar refractivity (Wildman–Crippen MR) is 76.1 cm³/mol. The smallest absolute Gasteiger partial charge is 0.128 e. The van der Waals surface area contributed by atoms with Gasteiger partial charge in [0.2, 0.25) is 0 Å². The van der Waals surface area contributed by atoms with Crippen LogP contribution in [-0.4, -0.2) is 7.11 Å². The predicted octanol–water partition coefficient (Wildman–Crippen LogP) is 4.45. The van der Waals surface area contributed by atoms with Gasteiger partial charge in [-0.15, -0.1) is 0 Å². The number of methoxy groups -OCH3 is 1. The van der Waals surface area contributed by atoms with Gasteiger partial charge in [0, 0.05) is 17.3 Å². The van der Waals surface area contributed by atoms with E-state index in [9.17, 15) is 8.78 Å².